The van der Waals surface area contributed by atoms with Gasteiger partial charge in [0.1, 0.15) is 0 Å². The Hall–Kier alpha value is -0.120. The van der Waals surface area contributed by atoms with E-state index in [1.54, 1.807) is 0 Å². The number of hydrogen-bond acceptors (Lipinski definition) is 3. The van der Waals surface area contributed by atoms with E-state index in [-0.39, 0.29) is 0 Å². The van der Waals surface area contributed by atoms with Crippen LogP contribution in [-0.4, -0.2) is 61.7 Å². The van der Waals surface area contributed by atoms with Crippen molar-refractivity contribution in [2.45, 2.75) is 70.0 Å². The average molecular weight is 267 g/mol. The third-order valence-corrected chi connectivity index (χ3v) is 4.75. The zero-order chi connectivity index (χ0) is 13.7. The van der Waals surface area contributed by atoms with Crippen molar-refractivity contribution in [1.82, 2.24) is 15.1 Å². The quantitative estimate of drug-likeness (QED) is 0.792. The van der Waals surface area contributed by atoms with Crippen molar-refractivity contribution >= 4 is 0 Å². The number of nitrogens with one attached hydrogen (secondary N) is 1. The van der Waals surface area contributed by atoms with Crippen LogP contribution in [0.1, 0.15) is 51.9 Å². The highest BCUT2D eigenvalue weighted by Gasteiger charge is 2.27. The zero-order valence-electron chi connectivity index (χ0n) is 13.2. The topological polar surface area (TPSA) is 18.5 Å². The van der Waals surface area contributed by atoms with Crippen LogP contribution in [0, 0.1) is 0 Å². The van der Waals surface area contributed by atoms with Gasteiger partial charge in [-0.3, -0.25) is 4.90 Å². The van der Waals surface area contributed by atoms with E-state index < -0.39 is 0 Å². The molecule has 3 heteroatoms. The van der Waals surface area contributed by atoms with Gasteiger partial charge >= 0.3 is 0 Å². The Bertz CT molecular complexity index is 246. The highest BCUT2D eigenvalue weighted by molar-refractivity contribution is 4.86. The summed E-state index contributed by atoms with van der Waals surface area (Å²) in [6.07, 6.45) is 9.98. The van der Waals surface area contributed by atoms with Crippen molar-refractivity contribution < 1.29 is 0 Å². The average Bonchev–Trinajstić information content (AvgIpc) is 2.69. The van der Waals surface area contributed by atoms with E-state index in [4.69, 9.17) is 0 Å². The summed E-state index contributed by atoms with van der Waals surface area (Å²) < 4.78 is 0. The van der Waals surface area contributed by atoms with E-state index >= 15 is 0 Å². The van der Waals surface area contributed by atoms with Crippen molar-refractivity contribution in [3.63, 3.8) is 0 Å². The summed E-state index contributed by atoms with van der Waals surface area (Å²) in [5.74, 6) is 0. The Morgan fingerprint density at radius 2 is 1.74 bits per heavy atom. The van der Waals surface area contributed by atoms with Crippen molar-refractivity contribution in [2.24, 2.45) is 0 Å². The molecular formula is C16H33N3. The van der Waals surface area contributed by atoms with Gasteiger partial charge in [0.15, 0.2) is 0 Å². The lowest BCUT2D eigenvalue weighted by atomic mass is 10.1. The van der Waals surface area contributed by atoms with Crippen LogP contribution in [0.2, 0.25) is 0 Å². The number of nitrogens with zero attached hydrogens (tertiary/aromatic N) is 2. The summed E-state index contributed by atoms with van der Waals surface area (Å²) >= 11 is 0. The standard InChI is InChI=1S/C16H33N3/c1-14-10-11-19(13-15(17-14)12-18(2)3)16-8-6-4-5-7-9-16/h14-17H,4-13H2,1-3H3. The van der Waals surface area contributed by atoms with Gasteiger partial charge in [0, 0.05) is 31.2 Å². The second kappa shape index (κ2) is 7.61. The first-order valence-electron chi connectivity index (χ1n) is 8.30. The molecule has 2 atom stereocenters. The minimum atomic E-state index is 0.635. The Kier molecular flexibility index (Phi) is 6.11. The van der Waals surface area contributed by atoms with Gasteiger partial charge in [-0.05, 0) is 46.8 Å². The summed E-state index contributed by atoms with van der Waals surface area (Å²) in [5, 5.41) is 3.81. The van der Waals surface area contributed by atoms with Crippen LogP contribution in [0.15, 0.2) is 0 Å². The maximum absolute atomic E-state index is 3.81. The van der Waals surface area contributed by atoms with E-state index in [0.29, 0.717) is 12.1 Å². The predicted molar refractivity (Wildman–Crippen MR) is 82.6 cm³/mol. The van der Waals surface area contributed by atoms with E-state index in [1.165, 1.54) is 58.0 Å². The fourth-order valence-corrected chi connectivity index (χ4v) is 3.78. The summed E-state index contributed by atoms with van der Waals surface area (Å²) in [6.45, 7) is 6.04. The SMILES string of the molecule is CC1CCN(C2CCCCCC2)CC(CN(C)C)N1. The smallest absolute Gasteiger partial charge is 0.0324 e. The highest BCUT2D eigenvalue weighted by Crippen LogP contribution is 2.23. The van der Waals surface area contributed by atoms with Gasteiger partial charge in [0.25, 0.3) is 0 Å². The van der Waals surface area contributed by atoms with Crippen molar-refractivity contribution in [3.05, 3.63) is 0 Å². The van der Waals surface area contributed by atoms with Crippen LogP contribution in [0.25, 0.3) is 0 Å². The van der Waals surface area contributed by atoms with Crippen LogP contribution in [0.4, 0.5) is 0 Å². The molecule has 0 spiro atoms. The molecule has 0 aromatic rings. The molecule has 0 aromatic heterocycles. The molecule has 2 rings (SSSR count). The molecule has 0 aromatic carbocycles. The molecule has 2 aliphatic rings. The Morgan fingerprint density at radius 1 is 1.05 bits per heavy atom. The second-order valence-corrected chi connectivity index (χ2v) is 6.96. The van der Waals surface area contributed by atoms with Crippen molar-refractivity contribution in [3.8, 4) is 0 Å². The van der Waals surface area contributed by atoms with Crippen LogP contribution in [0.5, 0.6) is 0 Å². The molecule has 1 saturated carbocycles. The zero-order valence-corrected chi connectivity index (χ0v) is 13.2. The first-order valence-corrected chi connectivity index (χ1v) is 8.30. The molecule has 1 aliphatic carbocycles. The maximum atomic E-state index is 3.81. The van der Waals surface area contributed by atoms with Crippen LogP contribution >= 0.6 is 0 Å². The lowest BCUT2D eigenvalue weighted by Gasteiger charge is -2.32. The summed E-state index contributed by atoms with van der Waals surface area (Å²) in [4.78, 5) is 5.12. The monoisotopic (exact) mass is 267 g/mol. The number of hydrogen-bond donors (Lipinski definition) is 1. The molecule has 112 valence electrons. The minimum absolute atomic E-state index is 0.635. The molecule has 0 amide bonds. The molecule has 2 unspecified atom stereocenters. The summed E-state index contributed by atoms with van der Waals surface area (Å²) in [6, 6.07) is 2.16. The predicted octanol–water partition coefficient (Wildman–Crippen LogP) is 2.32. The maximum Gasteiger partial charge on any atom is 0.0324 e. The molecule has 1 saturated heterocycles. The van der Waals surface area contributed by atoms with E-state index in [9.17, 15) is 0 Å². The lowest BCUT2D eigenvalue weighted by Crippen LogP contribution is -2.48. The number of rotatable bonds is 3. The van der Waals surface area contributed by atoms with Crippen LogP contribution in [0.3, 0.4) is 0 Å². The first-order chi connectivity index (χ1) is 9.15. The van der Waals surface area contributed by atoms with Crippen molar-refractivity contribution in [2.75, 3.05) is 33.7 Å². The highest BCUT2D eigenvalue weighted by atomic mass is 15.2. The molecule has 3 nitrogen and oxygen atoms in total. The molecule has 0 bridgehead atoms. The fourth-order valence-electron chi connectivity index (χ4n) is 3.78. The molecular weight excluding hydrogens is 234 g/mol. The first kappa shape index (κ1) is 15.3. The fraction of sp³-hybridized carbons (Fsp3) is 1.00. The van der Waals surface area contributed by atoms with Gasteiger partial charge in [0.05, 0.1) is 0 Å². The third-order valence-electron chi connectivity index (χ3n) is 4.75. The largest absolute Gasteiger partial charge is 0.309 e. The van der Waals surface area contributed by atoms with Crippen LogP contribution < -0.4 is 5.32 Å². The molecule has 2 fully saturated rings. The van der Waals surface area contributed by atoms with Gasteiger partial charge in [-0.25, -0.2) is 0 Å². The molecule has 1 heterocycles. The molecule has 1 aliphatic heterocycles. The third kappa shape index (κ3) is 5.05. The molecule has 19 heavy (non-hydrogen) atoms. The van der Waals surface area contributed by atoms with Gasteiger partial charge in [0.2, 0.25) is 0 Å². The van der Waals surface area contributed by atoms with Crippen LogP contribution in [-0.2, 0) is 0 Å². The van der Waals surface area contributed by atoms with E-state index in [2.05, 4.69) is 36.1 Å². The van der Waals surface area contributed by atoms with Crippen molar-refractivity contribution in [1.29, 1.82) is 0 Å². The summed E-state index contributed by atoms with van der Waals surface area (Å²) in [5.41, 5.74) is 0. The lowest BCUT2D eigenvalue weighted by molar-refractivity contribution is 0.167. The Balaban J connectivity index is 1.94. The van der Waals surface area contributed by atoms with Gasteiger partial charge in [-0.15, -0.1) is 0 Å². The van der Waals surface area contributed by atoms with E-state index in [0.717, 1.165) is 12.6 Å². The number of likely N-dealkylation sites (N-methyl/N-ethyl adjacent to an activating group) is 1. The van der Waals surface area contributed by atoms with Gasteiger partial charge < -0.3 is 10.2 Å². The van der Waals surface area contributed by atoms with Gasteiger partial charge in [-0.1, -0.05) is 25.7 Å². The van der Waals surface area contributed by atoms with Gasteiger partial charge in [-0.2, -0.15) is 0 Å². The molecule has 1 N–H and O–H groups in total. The minimum Gasteiger partial charge on any atom is -0.309 e. The second-order valence-electron chi connectivity index (χ2n) is 6.96. The normalized spacial score (nSPS) is 32.2. The summed E-state index contributed by atoms with van der Waals surface area (Å²) in [7, 11) is 4.38. The molecule has 0 radical (unpaired) electrons. The van der Waals surface area contributed by atoms with E-state index in [1.807, 2.05) is 0 Å². The Morgan fingerprint density at radius 3 is 2.37 bits per heavy atom. The Labute approximate surface area is 119 Å².